The minimum absolute atomic E-state index is 0.0970. The Morgan fingerprint density at radius 2 is 2.00 bits per heavy atom. The molecule has 0 saturated carbocycles. The molecule has 2 N–H and O–H groups in total. The molecule has 0 aromatic rings. The van der Waals surface area contributed by atoms with E-state index in [0.29, 0.717) is 24.8 Å². The van der Waals surface area contributed by atoms with Gasteiger partial charge in [0, 0.05) is 11.5 Å². The molecule has 3 aliphatic heterocycles. The lowest BCUT2D eigenvalue weighted by Crippen LogP contribution is -2.54. The Bertz CT molecular complexity index is 577. The molecule has 0 aromatic heterocycles. The van der Waals surface area contributed by atoms with E-state index >= 15 is 0 Å². The number of carbonyl (C=O) groups is 1. The number of rotatable bonds is 0. The fourth-order valence-corrected chi connectivity index (χ4v) is 4.33. The second-order valence-corrected chi connectivity index (χ2v) is 8.52. The van der Waals surface area contributed by atoms with Crippen molar-refractivity contribution >= 4 is 5.97 Å². The summed E-state index contributed by atoms with van der Waals surface area (Å²) in [5.74, 6) is -0.285. The summed E-state index contributed by atoms with van der Waals surface area (Å²) in [6.45, 7) is 9.55. The monoisotopic (exact) mass is 350 g/mol. The van der Waals surface area contributed by atoms with E-state index in [-0.39, 0.29) is 30.0 Å². The summed E-state index contributed by atoms with van der Waals surface area (Å²) >= 11 is 0. The van der Waals surface area contributed by atoms with Crippen molar-refractivity contribution < 1.29 is 24.5 Å². The number of carbonyl (C=O) groups excluding carboxylic acids is 1. The fourth-order valence-electron chi connectivity index (χ4n) is 4.33. The molecular formula is C20H30O5. The first kappa shape index (κ1) is 18.6. The highest BCUT2D eigenvalue weighted by molar-refractivity contribution is 5.91. The van der Waals surface area contributed by atoms with Gasteiger partial charge in [-0.1, -0.05) is 25.7 Å². The summed E-state index contributed by atoms with van der Waals surface area (Å²) in [4.78, 5) is 12.0. The van der Waals surface area contributed by atoms with Crippen LogP contribution in [-0.2, 0) is 14.3 Å². The molecule has 140 valence electrons. The maximum absolute atomic E-state index is 12.0. The van der Waals surface area contributed by atoms with E-state index in [1.807, 2.05) is 6.08 Å². The molecule has 25 heavy (non-hydrogen) atoms. The predicted octanol–water partition coefficient (Wildman–Crippen LogP) is 2.51. The van der Waals surface area contributed by atoms with Gasteiger partial charge in [0.1, 0.15) is 6.10 Å². The number of aliphatic hydroxyl groups is 2. The molecule has 3 heterocycles. The minimum atomic E-state index is -1.08. The molecule has 7 atom stereocenters. The molecule has 7 unspecified atom stereocenters. The second-order valence-electron chi connectivity index (χ2n) is 8.52. The average Bonchev–Trinajstić information content (AvgIpc) is 2.80. The van der Waals surface area contributed by atoms with Crippen LogP contribution in [0.3, 0.4) is 0 Å². The third kappa shape index (κ3) is 3.69. The van der Waals surface area contributed by atoms with Gasteiger partial charge < -0.3 is 19.7 Å². The Balaban J connectivity index is 1.92. The zero-order chi connectivity index (χ0) is 18.4. The van der Waals surface area contributed by atoms with Crippen molar-refractivity contribution in [3.05, 3.63) is 24.3 Å². The SMILES string of the molecule is C=C1C(=O)OC2C1CC1OC2C(C)CCCC(C)(O)C=CCC1(C)O. The highest BCUT2D eigenvalue weighted by Crippen LogP contribution is 2.44. The van der Waals surface area contributed by atoms with Gasteiger partial charge in [0.2, 0.25) is 0 Å². The summed E-state index contributed by atoms with van der Waals surface area (Å²) in [6, 6.07) is 0. The molecule has 0 amide bonds. The molecule has 5 nitrogen and oxygen atoms in total. The Kier molecular flexibility index (Phi) is 4.86. The van der Waals surface area contributed by atoms with Gasteiger partial charge in [0.15, 0.2) is 0 Å². The number of esters is 1. The van der Waals surface area contributed by atoms with Gasteiger partial charge in [0.25, 0.3) is 0 Å². The van der Waals surface area contributed by atoms with Crippen molar-refractivity contribution in [3.8, 4) is 0 Å². The number of hydrogen-bond acceptors (Lipinski definition) is 5. The van der Waals surface area contributed by atoms with E-state index < -0.39 is 17.3 Å². The van der Waals surface area contributed by atoms with Crippen LogP contribution in [-0.4, -0.2) is 45.7 Å². The van der Waals surface area contributed by atoms with Crippen LogP contribution in [0.15, 0.2) is 24.3 Å². The highest BCUT2D eigenvalue weighted by Gasteiger charge is 2.53. The van der Waals surface area contributed by atoms with Crippen molar-refractivity contribution in [2.24, 2.45) is 11.8 Å². The van der Waals surface area contributed by atoms with Gasteiger partial charge >= 0.3 is 5.97 Å². The number of fused-ring (bicyclic) bond motifs is 4. The quantitative estimate of drug-likeness (QED) is 0.399. The number of hydrogen-bond donors (Lipinski definition) is 2. The first-order chi connectivity index (χ1) is 11.6. The third-order valence-electron chi connectivity index (χ3n) is 6.07. The molecule has 0 aromatic carbocycles. The molecule has 0 aliphatic carbocycles. The molecule has 0 spiro atoms. The van der Waals surface area contributed by atoms with Crippen LogP contribution in [0.4, 0.5) is 0 Å². The van der Waals surface area contributed by atoms with Crippen molar-refractivity contribution in [2.45, 2.75) is 82.4 Å². The lowest BCUT2D eigenvalue weighted by Gasteiger charge is -2.45. The molecule has 3 rings (SSSR count). The average molecular weight is 350 g/mol. The Morgan fingerprint density at radius 3 is 2.72 bits per heavy atom. The van der Waals surface area contributed by atoms with Gasteiger partial charge in [-0.15, -0.1) is 0 Å². The van der Waals surface area contributed by atoms with Crippen LogP contribution in [0.1, 0.15) is 52.9 Å². The third-order valence-corrected chi connectivity index (χ3v) is 6.07. The largest absolute Gasteiger partial charge is 0.456 e. The van der Waals surface area contributed by atoms with Crippen LogP contribution in [0.25, 0.3) is 0 Å². The lowest BCUT2D eigenvalue weighted by atomic mass is 9.76. The standard InChI is InChI=1S/C20H30O5/c1-12-7-5-8-19(3,22)9-6-10-20(4,23)15-11-14-13(2)18(21)25-17(14)16(12)24-15/h6,9,12,14-17,22-23H,2,5,7-8,10-11H2,1,3-4H3. The van der Waals surface area contributed by atoms with Crippen molar-refractivity contribution in [1.82, 2.24) is 0 Å². The van der Waals surface area contributed by atoms with Gasteiger partial charge in [-0.25, -0.2) is 4.79 Å². The van der Waals surface area contributed by atoms with Crippen LogP contribution >= 0.6 is 0 Å². The van der Waals surface area contributed by atoms with Crippen molar-refractivity contribution in [2.75, 3.05) is 0 Å². The van der Waals surface area contributed by atoms with Crippen molar-refractivity contribution in [1.29, 1.82) is 0 Å². The zero-order valence-electron chi connectivity index (χ0n) is 15.4. The Labute approximate surface area is 149 Å². The summed E-state index contributed by atoms with van der Waals surface area (Å²) < 4.78 is 11.8. The van der Waals surface area contributed by atoms with Gasteiger partial charge in [0.05, 0.1) is 23.4 Å². The van der Waals surface area contributed by atoms with Crippen LogP contribution in [0.2, 0.25) is 0 Å². The first-order valence-corrected chi connectivity index (χ1v) is 9.28. The maximum Gasteiger partial charge on any atom is 0.334 e. The van der Waals surface area contributed by atoms with E-state index in [0.717, 1.165) is 12.8 Å². The molecule has 2 fully saturated rings. The van der Waals surface area contributed by atoms with Gasteiger partial charge in [-0.05, 0) is 51.9 Å². The van der Waals surface area contributed by atoms with Crippen LogP contribution in [0.5, 0.6) is 0 Å². The molecular weight excluding hydrogens is 320 g/mol. The Morgan fingerprint density at radius 1 is 1.28 bits per heavy atom. The minimum Gasteiger partial charge on any atom is -0.456 e. The van der Waals surface area contributed by atoms with E-state index in [2.05, 4.69) is 13.5 Å². The first-order valence-electron chi connectivity index (χ1n) is 9.28. The van der Waals surface area contributed by atoms with Crippen LogP contribution in [0, 0.1) is 11.8 Å². The van der Waals surface area contributed by atoms with Crippen LogP contribution < -0.4 is 0 Å². The molecule has 5 heteroatoms. The Hall–Kier alpha value is -1.17. The maximum atomic E-state index is 12.0. The summed E-state index contributed by atoms with van der Waals surface area (Å²) in [6.07, 6.45) is 5.89. The predicted molar refractivity (Wildman–Crippen MR) is 93.8 cm³/mol. The molecule has 0 radical (unpaired) electrons. The van der Waals surface area contributed by atoms with Crippen molar-refractivity contribution in [3.63, 3.8) is 0 Å². The van der Waals surface area contributed by atoms with E-state index in [9.17, 15) is 15.0 Å². The molecule has 3 aliphatic rings. The molecule has 2 bridgehead atoms. The zero-order valence-corrected chi connectivity index (χ0v) is 15.4. The van der Waals surface area contributed by atoms with Gasteiger partial charge in [-0.2, -0.15) is 0 Å². The topological polar surface area (TPSA) is 76.0 Å². The summed E-state index contributed by atoms with van der Waals surface area (Å²) in [5.41, 5.74) is -1.46. The van der Waals surface area contributed by atoms with Gasteiger partial charge in [-0.3, -0.25) is 0 Å². The highest BCUT2D eigenvalue weighted by atomic mass is 16.6. The van der Waals surface area contributed by atoms with E-state index in [1.165, 1.54) is 0 Å². The van der Waals surface area contributed by atoms with E-state index in [4.69, 9.17) is 9.47 Å². The summed E-state index contributed by atoms with van der Waals surface area (Å²) in [7, 11) is 0. The van der Waals surface area contributed by atoms with E-state index in [1.54, 1.807) is 19.9 Å². The fraction of sp³-hybridized carbons (Fsp3) is 0.750. The second kappa shape index (κ2) is 6.53. The summed E-state index contributed by atoms with van der Waals surface area (Å²) in [5, 5.41) is 21.4. The smallest absolute Gasteiger partial charge is 0.334 e. The number of ether oxygens (including phenoxy) is 2. The lowest BCUT2D eigenvalue weighted by molar-refractivity contribution is -0.206. The normalized spacial score (nSPS) is 48.3. The molecule has 2 saturated heterocycles.